The van der Waals surface area contributed by atoms with Crippen LogP contribution in [0, 0.1) is 12.8 Å². The molecule has 0 saturated heterocycles. The molecule has 0 atom stereocenters. The SMILES string of the molecule is COc1cc(Br)cc(C)c1NC(=O)C1CC1. The van der Waals surface area contributed by atoms with Crippen LogP contribution in [-0.4, -0.2) is 13.0 Å². The number of rotatable bonds is 3. The summed E-state index contributed by atoms with van der Waals surface area (Å²) in [6, 6.07) is 3.82. The van der Waals surface area contributed by atoms with Gasteiger partial charge in [-0.15, -0.1) is 0 Å². The van der Waals surface area contributed by atoms with E-state index in [1.807, 2.05) is 19.1 Å². The summed E-state index contributed by atoms with van der Waals surface area (Å²) in [5.41, 5.74) is 1.78. The number of carbonyl (C=O) groups excluding carboxylic acids is 1. The molecule has 1 N–H and O–H groups in total. The van der Waals surface area contributed by atoms with E-state index in [0.717, 1.165) is 28.6 Å². The molecule has 1 aromatic rings. The Kier molecular flexibility index (Phi) is 3.19. The third kappa shape index (κ3) is 2.38. The molecule has 86 valence electrons. The number of aryl methyl sites for hydroxylation is 1. The lowest BCUT2D eigenvalue weighted by atomic mass is 10.2. The smallest absolute Gasteiger partial charge is 0.227 e. The van der Waals surface area contributed by atoms with E-state index < -0.39 is 0 Å². The summed E-state index contributed by atoms with van der Waals surface area (Å²) in [6.45, 7) is 1.95. The van der Waals surface area contributed by atoms with Gasteiger partial charge in [-0.2, -0.15) is 0 Å². The third-order valence-electron chi connectivity index (χ3n) is 2.68. The molecule has 0 unspecified atom stereocenters. The molecule has 1 aliphatic rings. The Morgan fingerprint density at radius 2 is 2.19 bits per heavy atom. The number of hydrogen-bond acceptors (Lipinski definition) is 2. The highest BCUT2D eigenvalue weighted by atomic mass is 79.9. The Labute approximate surface area is 103 Å². The van der Waals surface area contributed by atoms with Crippen molar-refractivity contribution in [2.45, 2.75) is 19.8 Å². The maximum atomic E-state index is 11.7. The number of carbonyl (C=O) groups is 1. The Morgan fingerprint density at radius 3 is 2.75 bits per heavy atom. The van der Waals surface area contributed by atoms with Crippen LogP contribution in [-0.2, 0) is 4.79 Å². The summed E-state index contributed by atoms with van der Waals surface area (Å²) in [7, 11) is 1.61. The van der Waals surface area contributed by atoms with E-state index in [0.29, 0.717) is 5.75 Å². The van der Waals surface area contributed by atoms with E-state index >= 15 is 0 Å². The number of halogens is 1. The van der Waals surface area contributed by atoms with Gasteiger partial charge in [-0.25, -0.2) is 0 Å². The van der Waals surface area contributed by atoms with E-state index in [1.54, 1.807) is 7.11 Å². The number of hydrogen-bond donors (Lipinski definition) is 1. The van der Waals surface area contributed by atoms with Gasteiger partial charge in [-0.3, -0.25) is 4.79 Å². The van der Waals surface area contributed by atoms with Crippen LogP contribution < -0.4 is 10.1 Å². The summed E-state index contributed by atoms with van der Waals surface area (Å²) >= 11 is 3.40. The van der Waals surface area contributed by atoms with Gasteiger partial charge in [-0.1, -0.05) is 15.9 Å². The van der Waals surface area contributed by atoms with Crippen LogP contribution in [0.15, 0.2) is 16.6 Å². The Balaban J connectivity index is 2.27. The van der Waals surface area contributed by atoms with Gasteiger partial charge in [-0.05, 0) is 37.5 Å². The summed E-state index contributed by atoms with van der Waals surface area (Å²) in [5.74, 6) is 0.998. The Hall–Kier alpha value is -1.03. The van der Waals surface area contributed by atoms with E-state index in [-0.39, 0.29) is 11.8 Å². The summed E-state index contributed by atoms with van der Waals surface area (Å²) in [6.07, 6.45) is 2.01. The lowest BCUT2D eigenvalue weighted by molar-refractivity contribution is -0.117. The minimum Gasteiger partial charge on any atom is -0.495 e. The van der Waals surface area contributed by atoms with E-state index in [4.69, 9.17) is 4.74 Å². The summed E-state index contributed by atoms with van der Waals surface area (Å²) < 4.78 is 6.21. The Morgan fingerprint density at radius 1 is 1.50 bits per heavy atom. The van der Waals surface area contributed by atoms with Crippen LogP contribution in [0.25, 0.3) is 0 Å². The van der Waals surface area contributed by atoms with Crippen LogP contribution in [0.2, 0.25) is 0 Å². The first-order chi connectivity index (χ1) is 7.61. The first-order valence-corrected chi connectivity index (χ1v) is 6.06. The van der Waals surface area contributed by atoms with Crippen molar-refractivity contribution in [1.82, 2.24) is 0 Å². The molecule has 0 aliphatic heterocycles. The highest BCUT2D eigenvalue weighted by Crippen LogP contribution is 2.35. The van der Waals surface area contributed by atoms with Gasteiger partial charge in [0, 0.05) is 10.4 Å². The number of benzene rings is 1. The number of ether oxygens (including phenoxy) is 1. The second kappa shape index (κ2) is 4.45. The van der Waals surface area contributed by atoms with Crippen LogP contribution in [0.4, 0.5) is 5.69 Å². The standard InChI is InChI=1S/C12H14BrNO2/c1-7-5-9(13)6-10(16-2)11(7)14-12(15)8-3-4-8/h5-6,8H,3-4H2,1-2H3,(H,14,15). The fourth-order valence-electron chi connectivity index (χ4n) is 1.60. The van der Waals surface area contributed by atoms with Crippen LogP contribution in [0.3, 0.4) is 0 Å². The molecular weight excluding hydrogens is 270 g/mol. The second-order valence-electron chi connectivity index (χ2n) is 4.06. The maximum Gasteiger partial charge on any atom is 0.227 e. The average Bonchev–Trinajstić information content (AvgIpc) is 3.04. The third-order valence-corrected chi connectivity index (χ3v) is 3.14. The monoisotopic (exact) mass is 283 g/mol. The topological polar surface area (TPSA) is 38.3 Å². The van der Waals surface area contributed by atoms with Gasteiger partial charge in [0.15, 0.2) is 0 Å². The van der Waals surface area contributed by atoms with Gasteiger partial charge in [0.05, 0.1) is 12.8 Å². The zero-order valence-corrected chi connectivity index (χ0v) is 10.9. The van der Waals surface area contributed by atoms with E-state index in [9.17, 15) is 4.79 Å². The molecule has 1 saturated carbocycles. The molecule has 16 heavy (non-hydrogen) atoms. The maximum absolute atomic E-state index is 11.7. The van der Waals surface area contributed by atoms with Crippen molar-refractivity contribution >= 4 is 27.5 Å². The van der Waals surface area contributed by atoms with Crippen LogP contribution >= 0.6 is 15.9 Å². The zero-order valence-electron chi connectivity index (χ0n) is 9.34. The van der Waals surface area contributed by atoms with Crippen LogP contribution in [0.5, 0.6) is 5.75 Å². The molecule has 0 radical (unpaired) electrons. The minimum absolute atomic E-state index is 0.101. The highest BCUT2D eigenvalue weighted by molar-refractivity contribution is 9.10. The van der Waals surface area contributed by atoms with Crippen molar-refractivity contribution in [2.75, 3.05) is 12.4 Å². The number of amides is 1. The van der Waals surface area contributed by atoms with Crippen molar-refractivity contribution in [3.05, 3.63) is 22.2 Å². The fourth-order valence-corrected chi connectivity index (χ4v) is 2.16. The van der Waals surface area contributed by atoms with Crippen molar-refractivity contribution in [3.63, 3.8) is 0 Å². The van der Waals surface area contributed by atoms with Crippen molar-refractivity contribution in [1.29, 1.82) is 0 Å². The van der Waals surface area contributed by atoms with E-state index in [1.165, 1.54) is 0 Å². The number of anilines is 1. The first kappa shape index (κ1) is 11.5. The number of nitrogens with one attached hydrogen (secondary N) is 1. The van der Waals surface area contributed by atoms with Gasteiger partial charge in [0.1, 0.15) is 5.75 Å². The molecular formula is C12H14BrNO2. The normalized spacial score (nSPS) is 14.7. The molecule has 0 heterocycles. The molecule has 4 heteroatoms. The van der Waals surface area contributed by atoms with Crippen molar-refractivity contribution < 1.29 is 9.53 Å². The van der Waals surface area contributed by atoms with Crippen molar-refractivity contribution in [3.8, 4) is 5.75 Å². The molecule has 0 spiro atoms. The molecule has 1 aliphatic carbocycles. The van der Waals surface area contributed by atoms with Gasteiger partial charge in [0.2, 0.25) is 5.91 Å². The summed E-state index contributed by atoms with van der Waals surface area (Å²) in [5, 5.41) is 2.93. The predicted octanol–water partition coefficient (Wildman–Crippen LogP) is 3.11. The molecule has 1 fully saturated rings. The summed E-state index contributed by atoms with van der Waals surface area (Å²) in [4.78, 5) is 11.7. The minimum atomic E-state index is 0.101. The molecule has 1 amide bonds. The van der Waals surface area contributed by atoms with Gasteiger partial charge in [0.25, 0.3) is 0 Å². The molecule has 0 aromatic heterocycles. The molecule has 3 nitrogen and oxygen atoms in total. The lowest BCUT2D eigenvalue weighted by Crippen LogP contribution is -2.15. The van der Waals surface area contributed by atoms with E-state index in [2.05, 4.69) is 21.2 Å². The first-order valence-electron chi connectivity index (χ1n) is 5.27. The molecule has 2 rings (SSSR count). The predicted molar refractivity (Wildman–Crippen MR) is 66.8 cm³/mol. The second-order valence-corrected chi connectivity index (χ2v) is 4.98. The highest BCUT2D eigenvalue weighted by Gasteiger charge is 2.30. The largest absolute Gasteiger partial charge is 0.495 e. The van der Waals surface area contributed by atoms with Gasteiger partial charge >= 0.3 is 0 Å². The molecule has 1 aromatic carbocycles. The molecule has 0 bridgehead atoms. The Bertz CT molecular complexity index is 427. The van der Waals surface area contributed by atoms with Crippen LogP contribution in [0.1, 0.15) is 18.4 Å². The average molecular weight is 284 g/mol. The number of methoxy groups -OCH3 is 1. The van der Waals surface area contributed by atoms with Crippen molar-refractivity contribution in [2.24, 2.45) is 5.92 Å². The quantitative estimate of drug-likeness (QED) is 0.926. The fraction of sp³-hybridized carbons (Fsp3) is 0.417. The van der Waals surface area contributed by atoms with Gasteiger partial charge < -0.3 is 10.1 Å². The lowest BCUT2D eigenvalue weighted by Gasteiger charge is -2.13. The zero-order chi connectivity index (χ0) is 11.7.